The summed E-state index contributed by atoms with van der Waals surface area (Å²) in [7, 11) is 5.98. The number of quaternary nitrogens is 1. The van der Waals surface area contributed by atoms with Gasteiger partial charge in [0.15, 0.2) is 6.10 Å². The van der Waals surface area contributed by atoms with E-state index in [9.17, 15) is 19.5 Å². The highest BCUT2D eigenvalue weighted by Gasteiger charge is 2.25. The second kappa shape index (κ2) is 65.5. The fourth-order valence-corrected chi connectivity index (χ4v) is 10.9. The first-order chi connectivity index (χ1) is 40.6. The number of likely N-dealkylation sites (N-methyl/N-ethyl adjacent to an activating group) is 1. The topological polar surface area (TPSA) is 108 Å². The van der Waals surface area contributed by atoms with Crippen LogP contribution in [0, 0.1) is 0 Å². The molecule has 83 heavy (non-hydrogen) atoms. The van der Waals surface area contributed by atoms with Crippen LogP contribution in [0.25, 0.3) is 0 Å². The van der Waals surface area contributed by atoms with Gasteiger partial charge in [-0.1, -0.05) is 339 Å². The van der Waals surface area contributed by atoms with Crippen LogP contribution < -0.4 is 0 Å². The summed E-state index contributed by atoms with van der Waals surface area (Å²) in [6.45, 7) is 4.81. The second-order valence-corrected chi connectivity index (χ2v) is 25.9. The number of hydrogen-bond acceptors (Lipinski definition) is 7. The van der Waals surface area contributed by atoms with Crippen molar-refractivity contribution in [2.45, 2.75) is 373 Å². The highest BCUT2D eigenvalue weighted by Crippen LogP contribution is 2.19. The number of carbonyl (C=O) groups excluding carboxylic acids is 2. The molecule has 2 unspecified atom stereocenters. The molecular weight excluding hydrogens is 1030 g/mol. The van der Waals surface area contributed by atoms with Crippen LogP contribution >= 0.6 is 0 Å². The van der Waals surface area contributed by atoms with E-state index in [0.29, 0.717) is 23.9 Å². The Labute approximate surface area is 515 Å². The maximum Gasteiger partial charge on any atom is 0.361 e. The van der Waals surface area contributed by atoms with E-state index in [2.05, 4.69) is 50.3 Å². The number of ether oxygens (including phenoxy) is 4. The number of esters is 2. The van der Waals surface area contributed by atoms with E-state index < -0.39 is 24.3 Å². The molecule has 9 heteroatoms. The van der Waals surface area contributed by atoms with Gasteiger partial charge in [0.1, 0.15) is 13.2 Å². The smallest absolute Gasteiger partial charge is 0.361 e. The summed E-state index contributed by atoms with van der Waals surface area (Å²) in [5, 5.41) is 9.72. The third-order valence-corrected chi connectivity index (χ3v) is 16.4. The van der Waals surface area contributed by atoms with Crippen LogP contribution in [-0.2, 0) is 33.3 Å². The molecule has 0 aliphatic carbocycles. The van der Waals surface area contributed by atoms with E-state index >= 15 is 0 Å². The number of carboxylic acid groups (broad SMARTS) is 1. The van der Waals surface area contributed by atoms with Gasteiger partial charge in [0.2, 0.25) is 0 Å². The number of unbranched alkanes of at least 4 members (excludes halogenated alkanes) is 47. The summed E-state index contributed by atoms with van der Waals surface area (Å²) < 4.78 is 22.9. The fraction of sp³-hybridized carbons (Fsp3) is 0.878. The summed E-state index contributed by atoms with van der Waals surface area (Å²) in [6, 6.07) is 0. The number of hydrogen-bond donors (Lipinski definition) is 1. The maximum atomic E-state index is 12.9. The van der Waals surface area contributed by atoms with Crippen LogP contribution in [0.3, 0.4) is 0 Å². The largest absolute Gasteiger partial charge is 0.477 e. The van der Waals surface area contributed by atoms with Gasteiger partial charge >= 0.3 is 17.9 Å². The van der Waals surface area contributed by atoms with Gasteiger partial charge in [0, 0.05) is 12.8 Å². The van der Waals surface area contributed by atoms with E-state index in [-0.39, 0.29) is 32.2 Å². The average molecular weight is 1170 g/mol. The predicted octanol–water partition coefficient (Wildman–Crippen LogP) is 22.4. The average Bonchev–Trinajstić information content (AvgIpc) is 3.46. The van der Waals surface area contributed by atoms with Gasteiger partial charge in [-0.05, 0) is 44.9 Å². The molecule has 9 nitrogen and oxygen atoms in total. The van der Waals surface area contributed by atoms with Crippen molar-refractivity contribution in [1.29, 1.82) is 0 Å². The van der Waals surface area contributed by atoms with E-state index in [4.69, 9.17) is 18.9 Å². The van der Waals surface area contributed by atoms with Gasteiger partial charge in [0.05, 0.1) is 34.4 Å². The Balaban J connectivity index is 3.87. The van der Waals surface area contributed by atoms with Gasteiger partial charge in [-0.2, -0.15) is 0 Å². The normalized spacial score (nSPS) is 12.8. The zero-order chi connectivity index (χ0) is 60.5. The van der Waals surface area contributed by atoms with Crippen LogP contribution in [0.5, 0.6) is 0 Å². The van der Waals surface area contributed by atoms with E-state index in [0.717, 1.165) is 64.2 Å². The summed E-state index contributed by atoms with van der Waals surface area (Å²) in [4.78, 5) is 37.5. The standard InChI is InChI=1S/C74H139NO8/c1-6-8-10-12-14-16-18-20-22-24-25-26-27-28-29-30-31-32-33-34-35-36-37-38-39-40-41-42-43-44-45-46-47-49-50-52-54-56-58-60-62-64-71(76)81-68-70(69-82-74(73(78)79)80-67-66-75(3,4)5)83-72(77)65-63-61-59-57-55-53-51-48-23-21-19-17-15-13-11-9-7-2/h9,11,15,17,21,23,70,74H,6-8,10,12-14,16,18-20,22,24-69H2,1-5H3/p+1/b11-9-,17-15-,23-21-. The number of carboxylic acids is 1. The lowest BCUT2D eigenvalue weighted by Crippen LogP contribution is -2.40. The third-order valence-electron chi connectivity index (χ3n) is 16.4. The van der Waals surface area contributed by atoms with Crippen LogP contribution in [0.4, 0.5) is 0 Å². The van der Waals surface area contributed by atoms with Crippen LogP contribution in [0.2, 0.25) is 0 Å². The van der Waals surface area contributed by atoms with Gasteiger partial charge in [-0.3, -0.25) is 9.59 Å². The molecule has 0 aromatic heterocycles. The number of allylic oxidation sites excluding steroid dienone is 6. The highest BCUT2D eigenvalue weighted by atomic mass is 16.7. The lowest BCUT2D eigenvalue weighted by atomic mass is 10.0. The Morgan fingerprint density at radius 2 is 0.687 bits per heavy atom. The van der Waals surface area contributed by atoms with Gasteiger partial charge in [-0.25, -0.2) is 4.79 Å². The molecule has 0 aromatic rings. The Hall–Kier alpha value is -2.49. The minimum atomic E-state index is -1.51. The molecule has 0 heterocycles. The third kappa shape index (κ3) is 66.9. The quantitative estimate of drug-likeness (QED) is 0.0211. The molecule has 2 atom stereocenters. The van der Waals surface area contributed by atoms with Crippen molar-refractivity contribution in [3.63, 3.8) is 0 Å². The molecule has 1 N–H and O–H groups in total. The monoisotopic (exact) mass is 1170 g/mol. The van der Waals surface area contributed by atoms with Crippen molar-refractivity contribution < 1.29 is 42.9 Å². The minimum absolute atomic E-state index is 0.182. The van der Waals surface area contributed by atoms with Crippen LogP contribution in [0.1, 0.15) is 361 Å². The van der Waals surface area contributed by atoms with Crippen molar-refractivity contribution in [2.75, 3.05) is 47.5 Å². The summed E-state index contributed by atoms with van der Waals surface area (Å²) in [6.07, 6.45) is 80.2. The second-order valence-electron chi connectivity index (χ2n) is 25.9. The molecule has 0 radical (unpaired) electrons. The molecule has 0 fully saturated rings. The molecule has 488 valence electrons. The van der Waals surface area contributed by atoms with Crippen molar-refractivity contribution in [3.05, 3.63) is 36.5 Å². The molecule has 0 rings (SSSR count). The number of rotatable bonds is 68. The number of nitrogens with zero attached hydrogens (tertiary/aromatic N) is 1. The van der Waals surface area contributed by atoms with E-state index in [1.54, 1.807) is 0 Å². The maximum absolute atomic E-state index is 12.9. The first kappa shape index (κ1) is 80.5. The first-order valence-corrected chi connectivity index (χ1v) is 36.2. The lowest BCUT2D eigenvalue weighted by molar-refractivity contribution is -0.870. The first-order valence-electron chi connectivity index (χ1n) is 36.2. The van der Waals surface area contributed by atoms with E-state index in [1.807, 2.05) is 21.1 Å². The zero-order valence-corrected chi connectivity index (χ0v) is 55.9. The van der Waals surface area contributed by atoms with Crippen molar-refractivity contribution in [1.82, 2.24) is 0 Å². The molecular formula is C74H140NO8+. The summed E-state index contributed by atoms with van der Waals surface area (Å²) >= 11 is 0. The van der Waals surface area contributed by atoms with Gasteiger partial charge < -0.3 is 28.5 Å². The minimum Gasteiger partial charge on any atom is -0.477 e. The Morgan fingerprint density at radius 1 is 0.373 bits per heavy atom. The molecule has 0 bridgehead atoms. The SMILES string of the molecule is CC/C=C\C/C=C\C/C=C\CCCCCCCCCC(=O)OC(COC(=O)CCCCCCCCCCCCCCCCCCCCCCCCCCCCCCCCCCCCCCCCCCC)COC(OCC[N+](C)(C)C)C(=O)O. The molecule has 0 spiro atoms. The molecule has 0 aliphatic heterocycles. The Bertz CT molecular complexity index is 1450. The van der Waals surface area contributed by atoms with Gasteiger partial charge in [0.25, 0.3) is 6.29 Å². The predicted molar refractivity (Wildman–Crippen MR) is 355 cm³/mol. The van der Waals surface area contributed by atoms with Crippen molar-refractivity contribution in [2.24, 2.45) is 0 Å². The molecule has 0 aliphatic rings. The van der Waals surface area contributed by atoms with Crippen LogP contribution in [0.15, 0.2) is 36.5 Å². The molecule has 0 saturated carbocycles. The molecule has 0 saturated heterocycles. The molecule has 0 amide bonds. The number of carbonyl (C=O) groups is 3. The summed E-state index contributed by atoms with van der Waals surface area (Å²) in [5.41, 5.74) is 0. The van der Waals surface area contributed by atoms with Crippen LogP contribution in [-0.4, -0.2) is 87.4 Å². The van der Waals surface area contributed by atoms with Crippen molar-refractivity contribution in [3.8, 4) is 0 Å². The lowest BCUT2D eigenvalue weighted by Gasteiger charge is -2.25. The Kier molecular flexibility index (Phi) is 63.5. The zero-order valence-electron chi connectivity index (χ0n) is 55.9. The Morgan fingerprint density at radius 3 is 1.02 bits per heavy atom. The molecule has 0 aromatic carbocycles. The fourth-order valence-electron chi connectivity index (χ4n) is 10.9. The van der Waals surface area contributed by atoms with Crippen molar-refractivity contribution >= 4 is 17.9 Å². The summed E-state index contributed by atoms with van der Waals surface area (Å²) in [5.74, 6) is -2.00. The number of aliphatic carboxylic acids is 1. The van der Waals surface area contributed by atoms with E-state index in [1.165, 1.54) is 263 Å². The highest BCUT2D eigenvalue weighted by molar-refractivity contribution is 5.71. The van der Waals surface area contributed by atoms with Gasteiger partial charge in [-0.15, -0.1) is 0 Å².